The minimum atomic E-state index is -0.152. The van der Waals surface area contributed by atoms with Gasteiger partial charge in [-0.05, 0) is 61.3 Å². The second-order valence-corrected chi connectivity index (χ2v) is 14.3. The maximum atomic E-state index is 12.3. The monoisotopic (exact) mass is 678 g/mol. The summed E-state index contributed by atoms with van der Waals surface area (Å²) in [6.07, 6.45) is 7.36. The molecule has 3 aromatic rings. The van der Waals surface area contributed by atoms with E-state index in [1.807, 2.05) is 6.92 Å². The molecule has 1 fully saturated rings. The number of carbonyl (C=O) groups excluding carboxylic acids is 1. The van der Waals surface area contributed by atoms with Gasteiger partial charge < -0.3 is 14.4 Å². The SMILES string of the molecule is CC(Cc1ccc(C(C)(C)C)cc1)CN1C[C@@H](C)O[C@@H](C)C1.CCCN(CCOc1c(Cl)cc(Cl)cc1Cl)C(=O)n1ccnc1. The van der Waals surface area contributed by atoms with Crippen LogP contribution in [0.5, 0.6) is 5.75 Å². The lowest BCUT2D eigenvalue weighted by Crippen LogP contribution is -2.47. The molecule has 10 heteroatoms. The summed E-state index contributed by atoms with van der Waals surface area (Å²) < 4.78 is 12.9. The van der Waals surface area contributed by atoms with E-state index in [2.05, 4.69) is 75.7 Å². The zero-order valence-electron chi connectivity index (χ0n) is 27.7. The summed E-state index contributed by atoms with van der Waals surface area (Å²) in [7, 11) is 0. The molecule has 1 aliphatic rings. The number of morpholine rings is 1. The molecule has 1 unspecified atom stereocenters. The van der Waals surface area contributed by atoms with Crippen molar-refractivity contribution in [2.24, 2.45) is 5.92 Å². The molecule has 1 amide bonds. The van der Waals surface area contributed by atoms with E-state index in [0.29, 0.717) is 52.0 Å². The molecule has 1 saturated heterocycles. The highest BCUT2D eigenvalue weighted by Gasteiger charge is 2.23. The molecule has 7 nitrogen and oxygen atoms in total. The van der Waals surface area contributed by atoms with Crippen molar-refractivity contribution in [1.82, 2.24) is 19.4 Å². The highest BCUT2D eigenvalue weighted by molar-refractivity contribution is 6.40. The maximum absolute atomic E-state index is 12.3. The molecule has 0 spiro atoms. The van der Waals surface area contributed by atoms with Crippen LogP contribution in [-0.4, -0.2) is 76.9 Å². The first kappa shape index (κ1) is 37.2. The first-order valence-electron chi connectivity index (χ1n) is 15.8. The van der Waals surface area contributed by atoms with Gasteiger partial charge in [0.2, 0.25) is 0 Å². The van der Waals surface area contributed by atoms with E-state index >= 15 is 0 Å². The van der Waals surface area contributed by atoms with Crippen LogP contribution in [0.2, 0.25) is 15.1 Å². The average Bonchev–Trinajstić information content (AvgIpc) is 3.48. The van der Waals surface area contributed by atoms with Crippen LogP contribution in [0.1, 0.15) is 66.0 Å². The molecule has 2 aromatic carbocycles. The lowest BCUT2D eigenvalue weighted by Gasteiger charge is -2.36. The van der Waals surface area contributed by atoms with Crippen molar-refractivity contribution < 1.29 is 14.3 Å². The molecule has 2 heterocycles. The van der Waals surface area contributed by atoms with E-state index in [1.165, 1.54) is 28.6 Å². The molecule has 1 aromatic heterocycles. The summed E-state index contributed by atoms with van der Waals surface area (Å²) in [5.41, 5.74) is 3.11. The van der Waals surface area contributed by atoms with Gasteiger partial charge >= 0.3 is 6.03 Å². The summed E-state index contributed by atoms with van der Waals surface area (Å²) in [6.45, 7) is 20.1. The van der Waals surface area contributed by atoms with Crippen molar-refractivity contribution in [2.75, 3.05) is 39.3 Å². The van der Waals surface area contributed by atoms with Gasteiger partial charge in [-0.3, -0.25) is 9.47 Å². The standard InChI is InChI=1S/C20H33NO.C15H16Cl3N3O2/c1-15(12-21-13-16(2)22-17(3)14-21)11-18-7-9-19(10-8-18)20(4,5)6;1-2-4-20(15(22)21-5-3-19-10-21)6-7-23-14-12(17)8-11(16)9-13(14)18/h7-10,15-17H,11-14H2,1-6H3;3,5,8-10H,2,4,6-7H2,1H3/t15?,16-,17+;. The van der Waals surface area contributed by atoms with Crippen molar-refractivity contribution in [2.45, 2.75) is 78.9 Å². The Labute approximate surface area is 284 Å². The first-order chi connectivity index (χ1) is 21.3. The number of hydrogen-bond donors (Lipinski definition) is 0. The van der Waals surface area contributed by atoms with Crippen molar-refractivity contribution in [3.63, 3.8) is 0 Å². The molecule has 0 aliphatic carbocycles. The quantitative estimate of drug-likeness (QED) is 0.214. The Morgan fingerprint density at radius 3 is 2.22 bits per heavy atom. The van der Waals surface area contributed by atoms with Crippen LogP contribution in [0.3, 0.4) is 0 Å². The lowest BCUT2D eigenvalue weighted by atomic mass is 9.86. The second kappa shape index (κ2) is 17.6. The van der Waals surface area contributed by atoms with Crippen LogP contribution in [-0.2, 0) is 16.6 Å². The van der Waals surface area contributed by atoms with Gasteiger partial charge in [0.05, 0.1) is 28.8 Å². The number of amides is 1. The number of rotatable bonds is 10. The van der Waals surface area contributed by atoms with Crippen molar-refractivity contribution in [3.05, 3.63) is 81.3 Å². The second-order valence-electron chi connectivity index (χ2n) is 13.0. The molecule has 248 valence electrons. The fourth-order valence-electron chi connectivity index (χ4n) is 5.52. The van der Waals surface area contributed by atoms with E-state index < -0.39 is 0 Å². The van der Waals surface area contributed by atoms with Gasteiger partial charge in [0.15, 0.2) is 5.75 Å². The van der Waals surface area contributed by atoms with Crippen LogP contribution in [0.25, 0.3) is 0 Å². The van der Waals surface area contributed by atoms with E-state index in [1.54, 1.807) is 29.4 Å². The van der Waals surface area contributed by atoms with Crippen LogP contribution in [0, 0.1) is 5.92 Å². The molecular formula is C35H49Cl3N4O3. The third kappa shape index (κ3) is 12.1. The minimum absolute atomic E-state index is 0.152. The Morgan fingerprint density at radius 2 is 1.69 bits per heavy atom. The minimum Gasteiger partial charge on any atom is -0.489 e. The predicted octanol–water partition coefficient (Wildman–Crippen LogP) is 8.87. The molecular weight excluding hydrogens is 631 g/mol. The molecule has 0 bridgehead atoms. The normalized spacial score (nSPS) is 17.7. The first-order valence-corrected chi connectivity index (χ1v) is 16.9. The molecule has 45 heavy (non-hydrogen) atoms. The van der Waals surface area contributed by atoms with Crippen molar-refractivity contribution in [3.8, 4) is 5.75 Å². The van der Waals surface area contributed by atoms with Crippen LogP contribution in [0.15, 0.2) is 55.1 Å². The lowest BCUT2D eigenvalue weighted by molar-refractivity contribution is -0.0708. The molecule has 0 radical (unpaired) electrons. The third-order valence-corrected chi connectivity index (χ3v) is 8.31. The van der Waals surface area contributed by atoms with Gasteiger partial charge in [-0.25, -0.2) is 9.78 Å². The smallest absolute Gasteiger partial charge is 0.329 e. The Bertz CT molecular complexity index is 1300. The average molecular weight is 680 g/mol. The van der Waals surface area contributed by atoms with Crippen LogP contribution < -0.4 is 4.74 Å². The molecule has 0 saturated carbocycles. The Kier molecular flexibility index (Phi) is 14.5. The number of ether oxygens (including phenoxy) is 2. The number of aromatic nitrogens is 2. The topological polar surface area (TPSA) is 59.8 Å². The van der Waals surface area contributed by atoms with Gasteiger partial charge in [-0.2, -0.15) is 0 Å². The predicted molar refractivity (Wildman–Crippen MR) is 186 cm³/mol. The highest BCUT2D eigenvalue weighted by Crippen LogP contribution is 2.35. The fraction of sp³-hybridized carbons (Fsp3) is 0.543. The highest BCUT2D eigenvalue weighted by atomic mass is 35.5. The van der Waals surface area contributed by atoms with Gasteiger partial charge in [0.1, 0.15) is 12.9 Å². The summed E-state index contributed by atoms with van der Waals surface area (Å²) in [5, 5.41) is 1.12. The summed E-state index contributed by atoms with van der Waals surface area (Å²) >= 11 is 18.0. The van der Waals surface area contributed by atoms with Crippen LogP contribution in [0.4, 0.5) is 4.79 Å². The summed E-state index contributed by atoms with van der Waals surface area (Å²) in [6, 6.07) is 12.2. The van der Waals surface area contributed by atoms with Gasteiger partial charge in [0, 0.05) is 43.6 Å². The van der Waals surface area contributed by atoms with E-state index in [4.69, 9.17) is 44.3 Å². The van der Waals surface area contributed by atoms with Crippen LogP contribution >= 0.6 is 34.8 Å². The van der Waals surface area contributed by atoms with Gasteiger partial charge in [-0.15, -0.1) is 0 Å². The van der Waals surface area contributed by atoms with Gasteiger partial charge in [-0.1, -0.05) is 93.7 Å². The zero-order chi connectivity index (χ0) is 33.1. The third-order valence-electron chi connectivity index (χ3n) is 7.53. The number of carbonyl (C=O) groups is 1. The Hall–Kier alpha value is -2.29. The van der Waals surface area contributed by atoms with E-state index in [-0.39, 0.29) is 18.1 Å². The Morgan fingerprint density at radius 1 is 1.07 bits per heavy atom. The number of hydrogen-bond acceptors (Lipinski definition) is 5. The maximum Gasteiger partial charge on any atom is 0.329 e. The fourth-order valence-corrected chi connectivity index (χ4v) is 6.44. The molecule has 1 aliphatic heterocycles. The summed E-state index contributed by atoms with van der Waals surface area (Å²) in [4.78, 5) is 20.5. The number of nitrogens with zero attached hydrogens (tertiary/aromatic N) is 4. The molecule has 0 N–H and O–H groups in total. The summed E-state index contributed by atoms with van der Waals surface area (Å²) in [5.74, 6) is 1.04. The number of benzene rings is 2. The van der Waals surface area contributed by atoms with E-state index in [0.717, 1.165) is 25.9 Å². The zero-order valence-corrected chi connectivity index (χ0v) is 30.0. The van der Waals surface area contributed by atoms with Gasteiger partial charge in [0.25, 0.3) is 0 Å². The Balaban J connectivity index is 0.000000246. The molecule has 3 atom stereocenters. The number of imidazole rings is 1. The van der Waals surface area contributed by atoms with Crippen molar-refractivity contribution >= 4 is 40.8 Å². The van der Waals surface area contributed by atoms with E-state index in [9.17, 15) is 4.79 Å². The molecule has 4 rings (SSSR count). The van der Waals surface area contributed by atoms with Crippen molar-refractivity contribution in [1.29, 1.82) is 0 Å². The largest absolute Gasteiger partial charge is 0.489 e. The number of halogens is 3.